The van der Waals surface area contributed by atoms with Gasteiger partial charge in [-0.25, -0.2) is 0 Å². The van der Waals surface area contributed by atoms with Crippen molar-refractivity contribution in [3.05, 3.63) is 0 Å². The smallest absolute Gasteiger partial charge is 0.0180 e. The van der Waals surface area contributed by atoms with Gasteiger partial charge >= 0.3 is 0 Å². The van der Waals surface area contributed by atoms with Crippen LogP contribution in [0.1, 0.15) is 72.1 Å². The summed E-state index contributed by atoms with van der Waals surface area (Å²) in [6.07, 6.45) is 11.3. The highest BCUT2D eigenvalue weighted by molar-refractivity contribution is 14.1. The minimum atomic E-state index is 0.708. The van der Waals surface area contributed by atoms with Gasteiger partial charge in [-0.3, -0.25) is 0 Å². The number of hydrogen-bond donors (Lipinski definition) is 1. The Labute approximate surface area is 123 Å². The summed E-state index contributed by atoms with van der Waals surface area (Å²) in [7, 11) is 0. The lowest BCUT2D eigenvalue weighted by Gasteiger charge is -2.19. The van der Waals surface area contributed by atoms with E-state index >= 15 is 0 Å². The van der Waals surface area contributed by atoms with Crippen molar-refractivity contribution in [2.75, 3.05) is 11.0 Å². The summed E-state index contributed by atoms with van der Waals surface area (Å²) >= 11 is 2.49. The average Bonchev–Trinajstić information content (AvgIpc) is 2.31. The quantitative estimate of drug-likeness (QED) is 0.290. The van der Waals surface area contributed by atoms with E-state index < -0.39 is 0 Å². The van der Waals surface area contributed by atoms with Crippen LogP contribution in [0.2, 0.25) is 0 Å². The third-order valence-corrected chi connectivity index (χ3v) is 4.36. The van der Waals surface area contributed by atoms with Gasteiger partial charge in [-0.15, -0.1) is 0 Å². The maximum absolute atomic E-state index is 3.67. The summed E-state index contributed by atoms with van der Waals surface area (Å²) < 4.78 is 1.23. The standard InChI is InChI=1S/C15H32IN/c1-4-5-6-7-8-9-10-11-12-17-15(13-16)14(2)3/h14-15,17H,4-13H2,1-3H3. The first kappa shape index (κ1) is 17.7. The number of nitrogens with one attached hydrogen (secondary N) is 1. The van der Waals surface area contributed by atoms with Gasteiger partial charge in [0.1, 0.15) is 0 Å². The molecule has 0 spiro atoms. The fraction of sp³-hybridized carbons (Fsp3) is 1.00. The number of rotatable bonds is 12. The zero-order valence-corrected chi connectivity index (χ0v) is 14.3. The fourth-order valence-corrected chi connectivity index (χ4v) is 3.34. The number of halogens is 1. The van der Waals surface area contributed by atoms with Crippen molar-refractivity contribution in [2.45, 2.75) is 78.2 Å². The second-order valence-corrected chi connectivity index (χ2v) is 6.31. The maximum atomic E-state index is 3.67. The summed E-state index contributed by atoms with van der Waals surface area (Å²) in [6.45, 7) is 8.11. The van der Waals surface area contributed by atoms with Gasteiger partial charge in [-0.05, 0) is 18.9 Å². The van der Waals surface area contributed by atoms with Gasteiger partial charge < -0.3 is 5.32 Å². The highest BCUT2D eigenvalue weighted by Crippen LogP contribution is 2.09. The van der Waals surface area contributed by atoms with Gasteiger partial charge in [0.15, 0.2) is 0 Å². The van der Waals surface area contributed by atoms with Gasteiger partial charge in [0.05, 0.1) is 0 Å². The maximum Gasteiger partial charge on any atom is 0.0180 e. The molecule has 0 bridgehead atoms. The SMILES string of the molecule is CCCCCCCCCCNC(CI)C(C)C. The van der Waals surface area contributed by atoms with E-state index in [4.69, 9.17) is 0 Å². The minimum Gasteiger partial charge on any atom is -0.313 e. The second kappa shape index (κ2) is 13.1. The number of hydrogen-bond acceptors (Lipinski definition) is 1. The van der Waals surface area contributed by atoms with Crippen LogP contribution in [0, 0.1) is 5.92 Å². The van der Waals surface area contributed by atoms with E-state index in [-0.39, 0.29) is 0 Å². The molecule has 1 unspecified atom stereocenters. The van der Waals surface area contributed by atoms with Gasteiger partial charge in [-0.2, -0.15) is 0 Å². The monoisotopic (exact) mass is 353 g/mol. The topological polar surface area (TPSA) is 12.0 Å². The molecule has 0 fully saturated rings. The highest BCUT2D eigenvalue weighted by Gasteiger charge is 2.09. The van der Waals surface area contributed by atoms with Gasteiger partial charge in [0, 0.05) is 10.5 Å². The first-order valence-electron chi connectivity index (χ1n) is 7.51. The molecule has 0 saturated carbocycles. The van der Waals surface area contributed by atoms with E-state index in [1.54, 1.807) is 0 Å². The molecule has 17 heavy (non-hydrogen) atoms. The summed E-state index contributed by atoms with van der Waals surface area (Å²) in [5.41, 5.74) is 0. The fourth-order valence-electron chi connectivity index (χ4n) is 2.01. The Morgan fingerprint density at radius 3 is 1.88 bits per heavy atom. The molecule has 0 rings (SSSR count). The highest BCUT2D eigenvalue weighted by atomic mass is 127. The molecule has 1 atom stereocenters. The van der Waals surface area contributed by atoms with Crippen LogP contribution in [-0.2, 0) is 0 Å². The van der Waals surface area contributed by atoms with Crippen LogP contribution >= 0.6 is 22.6 Å². The summed E-state index contributed by atoms with van der Waals surface area (Å²) in [6, 6.07) is 0.708. The van der Waals surface area contributed by atoms with Crippen LogP contribution in [0.25, 0.3) is 0 Å². The molecule has 0 aliphatic rings. The first-order chi connectivity index (χ1) is 8.22. The molecular weight excluding hydrogens is 321 g/mol. The van der Waals surface area contributed by atoms with E-state index in [0.717, 1.165) is 5.92 Å². The van der Waals surface area contributed by atoms with Crippen LogP contribution in [0.3, 0.4) is 0 Å². The predicted octanol–water partition coefficient (Wildman–Crippen LogP) is 5.18. The normalized spacial score (nSPS) is 13.2. The van der Waals surface area contributed by atoms with E-state index in [1.165, 1.54) is 62.3 Å². The Kier molecular flexibility index (Phi) is 13.7. The predicted molar refractivity (Wildman–Crippen MR) is 88.1 cm³/mol. The molecule has 1 N–H and O–H groups in total. The van der Waals surface area contributed by atoms with Crippen LogP contribution in [0.4, 0.5) is 0 Å². The molecule has 104 valence electrons. The molecule has 0 aromatic carbocycles. The molecule has 0 saturated heterocycles. The number of alkyl halides is 1. The van der Waals surface area contributed by atoms with E-state index in [2.05, 4.69) is 48.7 Å². The largest absolute Gasteiger partial charge is 0.313 e. The first-order valence-corrected chi connectivity index (χ1v) is 9.04. The Morgan fingerprint density at radius 2 is 1.41 bits per heavy atom. The Morgan fingerprint density at radius 1 is 0.882 bits per heavy atom. The summed E-state index contributed by atoms with van der Waals surface area (Å²) in [4.78, 5) is 0. The molecule has 0 aromatic rings. The van der Waals surface area contributed by atoms with Crippen molar-refractivity contribution in [2.24, 2.45) is 5.92 Å². The third-order valence-electron chi connectivity index (χ3n) is 3.41. The lowest BCUT2D eigenvalue weighted by atomic mass is 10.1. The zero-order valence-electron chi connectivity index (χ0n) is 12.1. The molecule has 1 nitrogen and oxygen atoms in total. The lowest BCUT2D eigenvalue weighted by molar-refractivity contribution is 0.428. The van der Waals surface area contributed by atoms with E-state index in [1.807, 2.05) is 0 Å². The molecule has 2 heteroatoms. The van der Waals surface area contributed by atoms with Crippen molar-refractivity contribution in [1.29, 1.82) is 0 Å². The molecule has 0 aromatic heterocycles. The molecule has 0 amide bonds. The Balaban J connectivity index is 3.17. The molecule has 0 heterocycles. The van der Waals surface area contributed by atoms with Crippen molar-refractivity contribution >= 4 is 22.6 Å². The average molecular weight is 353 g/mol. The van der Waals surface area contributed by atoms with Gasteiger partial charge in [-0.1, -0.05) is 88.3 Å². The number of unbranched alkanes of at least 4 members (excludes halogenated alkanes) is 7. The van der Waals surface area contributed by atoms with Crippen molar-refractivity contribution < 1.29 is 0 Å². The van der Waals surface area contributed by atoms with E-state index in [0.29, 0.717) is 6.04 Å². The molecule has 0 radical (unpaired) electrons. The Hall–Kier alpha value is 0.690. The summed E-state index contributed by atoms with van der Waals surface area (Å²) in [5.74, 6) is 0.765. The van der Waals surface area contributed by atoms with Crippen molar-refractivity contribution in [3.63, 3.8) is 0 Å². The summed E-state index contributed by atoms with van der Waals surface area (Å²) in [5, 5.41) is 3.67. The van der Waals surface area contributed by atoms with Crippen molar-refractivity contribution in [1.82, 2.24) is 5.32 Å². The van der Waals surface area contributed by atoms with Crippen molar-refractivity contribution in [3.8, 4) is 0 Å². The lowest BCUT2D eigenvalue weighted by Crippen LogP contribution is -2.35. The van der Waals surface area contributed by atoms with Crippen LogP contribution < -0.4 is 5.32 Å². The third kappa shape index (κ3) is 11.5. The molecule has 0 aliphatic carbocycles. The molecule has 0 aliphatic heterocycles. The van der Waals surface area contributed by atoms with E-state index in [9.17, 15) is 0 Å². The minimum absolute atomic E-state index is 0.708. The second-order valence-electron chi connectivity index (χ2n) is 5.43. The van der Waals surface area contributed by atoms with Crippen LogP contribution in [0.15, 0.2) is 0 Å². The Bertz CT molecular complexity index is 148. The van der Waals surface area contributed by atoms with Crippen LogP contribution in [0.5, 0.6) is 0 Å². The zero-order chi connectivity index (χ0) is 12.9. The molecular formula is C15H32IN. The van der Waals surface area contributed by atoms with Gasteiger partial charge in [0.25, 0.3) is 0 Å². The van der Waals surface area contributed by atoms with Gasteiger partial charge in [0.2, 0.25) is 0 Å². The van der Waals surface area contributed by atoms with Crippen LogP contribution in [-0.4, -0.2) is 17.0 Å².